The SMILES string of the molecule is Cc1sc2nc(SC(C)C(=O)N(C)Cc3cccc(F)c3)nc(N)c2c1C. The largest absolute Gasteiger partial charge is 0.383 e. The van der Waals surface area contributed by atoms with Crippen molar-refractivity contribution in [3.63, 3.8) is 0 Å². The molecule has 0 radical (unpaired) electrons. The highest BCUT2D eigenvalue weighted by Gasteiger charge is 2.21. The molecular weight excluding hydrogens is 383 g/mol. The summed E-state index contributed by atoms with van der Waals surface area (Å²) in [5, 5.41) is 0.993. The van der Waals surface area contributed by atoms with Crippen LogP contribution in [-0.2, 0) is 11.3 Å². The van der Waals surface area contributed by atoms with Gasteiger partial charge in [-0.2, -0.15) is 0 Å². The molecule has 3 aromatic rings. The maximum atomic E-state index is 13.3. The molecule has 0 fully saturated rings. The summed E-state index contributed by atoms with van der Waals surface area (Å²) in [6, 6.07) is 6.25. The van der Waals surface area contributed by atoms with Crippen molar-refractivity contribution in [1.82, 2.24) is 14.9 Å². The second kappa shape index (κ2) is 7.82. The number of hydrogen-bond donors (Lipinski definition) is 1. The highest BCUT2D eigenvalue weighted by molar-refractivity contribution is 8.00. The molecule has 0 spiro atoms. The van der Waals surface area contributed by atoms with Gasteiger partial charge >= 0.3 is 0 Å². The minimum absolute atomic E-state index is 0.0786. The lowest BCUT2D eigenvalue weighted by molar-refractivity contribution is -0.129. The summed E-state index contributed by atoms with van der Waals surface area (Å²) < 4.78 is 13.3. The molecule has 0 aliphatic rings. The van der Waals surface area contributed by atoms with E-state index in [-0.39, 0.29) is 17.0 Å². The maximum absolute atomic E-state index is 13.3. The molecule has 1 unspecified atom stereocenters. The molecule has 27 heavy (non-hydrogen) atoms. The quantitative estimate of drug-likeness (QED) is 0.510. The van der Waals surface area contributed by atoms with Crippen LogP contribution < -0.4 is 5.73 Å². The number of nitrogens with zero attached hydrogens (tertiary/aromatic N) is 3. The van der Waals surface area contributed by atoms with Crippen LogP contribution in [0.1, 0.15) is 22.9 Å². The molecule has 0 aliphatic heterocycles. The summed E-state index contributed by atoms with van der Waals surface area (Å²) in [7, 11) is 1.70. The van der Waals surface area contributed by atoms with Gasteiger partial charge < -0.3 is 10.6 Å². The van der Waals surface area contributed by atoms with Crippen molar-refractivity contribution < 1.29 is 9.18 Å². The van der Waals surface area contributed by atoms with Gasteiger partial charge in [-0.1, -0.05) is 23.9 Å². The zero-order valence-electron chi connectivity index (χ0n) is 15.6. The second-order valence-corrected chi connectivity index (χ2v) is 8.95. The van der Waals surface area contributed by atoms with Gasteiger partial charge in [0.1, 0.15) is 16.5 Å². The first-order valence-corrected chi connectivity index (χ1v) is 10.1. The maximum Gasteiger partial charge on any atom is 0.235 e. The predicted molar refractivity (Wildman–Crippen MR) is 109 cm³/mol. The number of aromatic nitrogens is 2. The molecule has 1 atom stereocenters. The number of carbonyl (C=O) groups excluding carboxylic acids is 1. The summed E-state index contributed by atoms with van der Waals surface area (Å²) in [5.74, 6) is 0.0525. The number of aryl methyl sites for hydroxylation is 2. The monoisotopic (exact) mass is 404 g/mol. The van der Waals surface area contributed by atoms with E-state index in [9.17, 15) is 9.18 Å². The molecule has 0 saturated heterocycles. The number of carbonyl (C=O) groups is 1. The fourth-order valence-corrected chi connectivity index (χ4v) is 4.81. The van der Waals surface area contributed by atoms with Gasteiger partial charge in [0.2, 0.25) is 5.91 Å². The van der Waals surface area contributed by atoms with Crippen LogP contribution in [0.3, 0.4) is 0 Å². The third kappa shape index (κ3) is 4.22. The summed E-state index contributed by atoms with van der Waals surface area (Å²) in [6.45, 7) is 6.19. The normalized spacial score (nSPS) is 12.3. The Bertz CT molecular complexity index is 1000. The number of nitrogens with two attached hydrogens (primary N) is 1. The number of thioether (sulfide) groups is 1. The van der Waals surface area contributed by atoms with Gasteiger partial charge in [0, 0.05) is 18.5 Å². The van der Waals surface area contributed by atoms with Crippen LogP contribution in [0.25, 0.3) is 10.2 Å². The lowest BCUT2D eigenvalue weighted by Crippen LogP contribution is -2.32. The summed E-state index contributed by atoms with van der Waals surface area (Å²) >= 11 is 2.85. The third-order valence-electron chi connectivity index (χ3n) is 4.35. The van der Waals surface area contributed by atoms with E-state index in [1.54, 1.807) is 35.4 Å². The van der Waals surface area contributed by atoms with E-state index in [0.29, 0.717) is 17.5 Å². The number of hydrogen-bond acceptors (Lipinski definition) is 6. The number of amides is 1. The summed E-state index contributed by atoms with van der Waals surface area (Å²) in [5.41, 5.74) is 7.96. The molecule has 2 heterocycles. The average Bonchev–Trinajstić information content (AvgIpc) is 2.88. The zero-order valence-corrected chi connectivity index (χ0v) is 17.2. The summed E-state index contributed by atoms with van der Waals surface area (Å²) in [6.07, 6.45) is 0. The Morgan fingerprint density at radius 1 is 1.37 bits per heavy atom. The molecule has 1 aromatic carbocycles. The highest BCUT2D eigenvalue weighted by atomic mass is 32.2. The van der Waals surface area contributed by atoms with E-state index in [1.165, 1.54) is 23.9 Å². The van der Waals surface area contributed by atoms with Gasteiger partial charge in [-0.3, -0.25) is 4.79 Å². The first kappa shape index (κ1) is 19.6. The van der Waals surface area contributed by atoms with Gasteiger partial charge in [0.15, 0.2) is 5.16 Å². The fraction of sp³-hybridized carbons (Fsp3) is 0.316. The molecule has 0 saturated carbocycles. The van der Waals surface area contributed by atoms with Crippen molar-refractivity contribution in [1.29, 1.82) is 0 Å². The Kier molecular flexibility index (Phi) is 5.67. The lowest BCUT2D eigenvalue weighted by Gasteiger charge is -2.21. The lowest BCUT2D eigenvalue weighted by atomic mass is 10.2. The van der Waals surface area contributed by atoms with Gasteiger partial charge in [0.25, 0.3) is 0 Å². The molecule has 8 heteroatoms. The van der Waals surface area contributed by atoms with Crippen LogP contribution in [0.2, 0.25) is 0 Å². The zero-order chi connectivity index (χ0) is 19.7. The van der Waals surface area contributed by atoms with Gasteiger partial charge in [-0.05, 0) is 44.0 Å². The number of rotatable bonds is 5. The van der Waals surface area contributed by atoms with Crippen molar-refractivity contribution in [2.75, 3.05) is 12.8 Å². The standard InChI is InChI=1S/C19H21FN4OS2/c1-10-11(2)26-17-15(10)16(21)22-19(23-17)27-12(3)18(25)24(4)9-13-6-5-7-14(20)8-13/h5-8,12H,9H2,1-4H3,(H2,21,22,23). The average molecular weight is 405 g/mol. The number of thiophene rings is 1. The van der Waals surface area contributed by atoms with E-state index in [2.05, 4.69) is 9.97 Å². The molecule has 0 bridgehead atoms. The van der Waals surface area contributed by atoms with Crippen LogP contribution in [0, 0.1) is 19.7 Å². The first-order valence-electron chi connectivity index (χ1n) is 8.45. The highest BCUT2D eigenvalue weighted by Crippen LogP contribution is 2.34. The van der Waals surface area contributed by atoms with Crippen molar-refractivity contribution in [2.24, 2.45) is 0 Å². The molecule has 0 aliphatic carbocycles. The van der Waals surface area contributed by atoms with Crippen LogP contribution in [-0.4, -0.2) is 33.1 Å². The van der Waals surface area contributed by atoms with Crippen LogP contribution in [0.4, 0.5) is 10.2 Å². The number of anilines is 1. The van der Waals surface area contributed by atoms with Crippen molar-refractivity contribution in [3.8, 4) is 0 Å². The third-order valence-corrected chi connectivity index (χ3v) is 6.40. The van der Waals surface area contributed by atoms with E-state index < -0.39 is 0 Å². The van der Waals surface area contributed by atoms with Crippen molar-refractivity contribution in [3.05, 3.63) is 46.1 Å². The molecule has 5 nitrogen and oxygen atoms in total. The van der Waals surface area contributed by atoms with Crippen molar-refractivity contribution in [2.45, 2.75) is 37.7 Å². The Hall–Kier alpha value is -2.19. The van der Waals surface area contributed by atoms with E-state index in [4.69, 9.17) is 5.73 Å². The molecule has 2 aromatic heterocycles. The number of halogens is 1. The van der Waals surface area contributed by atoms with Gasteiger partial charge in [-0.15, -0.1) is 11.3 Å². The number of benzene rings is 1. The number of fused-ring (bicyclic) bond motifs is 1. The van der Waals surface area contributed by atoms with E-state index in [0.717, 1.165) is 26.2 Å². The van der Waals surface area contributed by atoms with Crippen LogP contribution in [0.15, 0.2) is 29.4 Å². The van der Waals surface area contributed by atoms with Gasteiger partial charge in [0.05, 0.1) is 10.6 Å². The Balaban J connectivity index is 1.73. The number of nitrogen functional groups attached to an aromatic ring is 1. The van der Waals surface area contributed by atoms with E-state index in [1.807, 2.05) is 20.8 Å². The Morgan fingerprint density at radius 2 is 2.11 bits per heavy atom. The molecule has 3 rings (SSSR count). The van der Waals surface area contributed by atoms with Gasteiger partial charge in [-0.25, -0.2) is 14.4 Å². The predicted octanol–water partition coefficient (Wildman–Crippen LogP) is 4.17. The Labute approximate surface area is 165 Å². The molecule has 2 N–H and O–H groups in total. The Morgan fingerprint density at radius 3 is 2.81 bits per heavy atom. The topological polar surface area (TPSA) is 72.1 Å². The molecule has 1 amide bonds. The van der Waals surface area contributed by atoms with Crippen LogP contribution in [0.5, 0.6) is 0 Å². The minimum atomic E-state index is -0.387. The fourth-order valence-electron chi connectivity index (χ4n) is 2.82. The summed E-state index contributed by atoms with van der Waals surface area (Å²) in [4.78, 5) is 25.2. The van der Waals surface area contributed by atoms with Crippen LogP contribution >= 0.6 is 23.1 Å². The first-order chi connectivity index (χ1) is 12.8. The molecule has 142 valence electrons. The van der Waals surface area contributed by atoms with Crippen molar-refractivity contribution >= 4 is 45.0 Å². The molecular formula is C19H21FN4OS2. The van der Waals surface area contributed by atoms with E-state index >= 15 is 0 Å². The second-order valence-electron chi connectivity index (χ2n) is 6.44. The smallest absolute Gasteiger partial charge is 0.235 e. The minimum Gasteiger partial charge on any atom is -0.383 e.